The molecule has 0 amide bonds. The second-order valence-corrected chi connectivity index (χ2v) is 4.37. The van der Waals surface area contributed by atoms with Gasteiger partial charge in [0.2, 0.25) is 5.75 Å². The van der Waals surface area contributed by atoms with Gasteiger partial charge in [-0.15, -0.1) is 0 Å². The SMILES string of the molecule is COc1ccc(CCC(CN)CN)c(OC)c1OC. The van der Waals surface area contributed by atoms with Crippen LogP contribution in [-0.2, 0) is 6.42 Å². The number of ether oxygens (including phenoxy) is 3. The summed E-state index contributed by atoms with van der Waals surface area (Å²) in [5.74, 6) is 2.34. The van der Waals surface area contributed by atoms with Gasteiger partial charge >= 0.3 is 0 Å². The Morgan fingerprint density at radius 3 is 2.05 bits per heavy atom. The summed E-state index contributed by atoms with van der Waals surface area (Å²) in [6, 6.07) is 3.88. The van der Waals surface area contributed by atoms with Crippen molar-refractivity contribution in [3.05, 3.63) is 17.7 Å². The molecular weight excluding hydrogens is 244 g/mol. The first-order chi connectivity index (χ1) is 9.21. The topological polar surface area (TPSA) is 79.7 Å². The van der Waals surface area contributed by atoms with Gasteiger partial charge in [0.05, 0.1) is 21.3 Å². The maximum Gasteiger partial charge on any atom is 0.203 e. The van der Waals surface area contributed by atoms with Crippen LogP contribution in [0.25, 0.3) is 0 Å². The van der Waals surface area contributed by atoms with Crippen molar-refractivity contribution >= 4 is 0 Å². The molecule has 5 heteroatoms. The van der Waals surface area contributed by atoms with Crippen molar-refractivity contribution in [3.63, 3.8) is 0 Å². The Hall–Kier alpha value is -1.46. The lowest BCUT2D eigenvalue weighted by molar-refractivity contribution is 0.321. The Bertz CT molecular complexity index is 393. The first-order valence-electron chi connectivity index (χ1n) is 6.39. The Morgan fingerprint density at radius 1 is 0.947 bits per heavy atom. The number of hydrogen-bond acceptors (Lipinski definition) is 5. The number of rotatable bonds is 8. The van der Waals surface area contributed by atoms with Gasteiger partial charge in [-0.05, 0) is 43.5 Å². The maximum atomic E-state index is 5.66. The zero-order chi connectivity index (χ0) is 14.3. The Balaban J connectivity index is 2.94. The zero-order valence-electron chi connectivity index (χ0n) is 11.9. The number of aryl methyl sites for hydroxylation is 1. The lowest BCUT2D eigenvalue weighted by Gasteiger charge is -2.17. The van der Waals surface area contributed by atoms with E-state index in [4.69, 9.17) is 25.7 Å². The van der Waals surface area contributed by atoms with Gasteiger partial charge < -0.3 is 25.7 Å². The van der Waals surface area contributed by atoms with Crippen LogP contribution in [0.1, 0.15) is 12.0 Å². The molecule has 1 rings (SSSR count). The van der Waals surface area contributed by atoms with E-state index >= 15 is 0 Å². The Kier molecular flexibility index (Phi) is 6.45. The van der Waals surface area contributed by atoms with Crippen LogP contribution < -0.4 is 25.7 Å². The third-order valence-corrected chi connectivity index (χ3v) is 3.27. The molecule has 4 N–H and O–H groups in total. The predicted molar refractivity (Wildman–Crippen MR) is 76.0 cm³/mol. The molecule has 0 radical (unpaired) electrons. The molecule has 0 atom stereocenters. The van der Waals surface area contributed by atoms with Gasteiger partial charge in [0, 0.05) is 0 Å². The number of nitrogens with two attached hydrogens (primary N) is 2. The summed E-state index contributed by atoms with van der Waals surface area (Å²) in [6.07, 6.45) is 1.78. The van der Waals surface area contributed by atoms with Gasteiger partial charge in [-0.1, -0.05) is 6.07 Å². The number of benzene rings is 1. The van der Waals surface area contributed by atoms with Crippen molar-refractivity contribution in [3.8, 4) is 17.2 Å². The highest BCUT2D eigenvalue weighted by molar-refractivity contribution is 5.55. The lowest BCUT2D eigenvalue weighted by Crippen LogP contribution is -2.23. The molecule has 0 unspecified atom stereocenters. The van der Waals surface area contributed by atoms with Gasteiger partial charge in [0.15, 0.2) is 11.5 Å². The van der Waals surface area contributed by atoms with Crippen LogP contribution in [0, 0.1) is 5.92 Å². The molecule has 0 fully saturated rings. The maximum absolute atomic E-state index is 5.66. The third-order valence-electron chi connectivity index (χ3n) is 3.27. The van der Waals surface area contributed by atoms with Gasteiger partial charge in [-0.25, -0.2) is 0 Å². The smallest absolute Gasteiger partial charge is 0.203 e. The molecule has 0 saturated heterocycles. The van der Waals surface area contributed by atoms with Crippen molar-refractivity contribution in [2.24, 2.45) is 17.4 Å². The van der Waals surface area contributed by atoms with E-state index in [1.54, 1.807) is 21.3 Å². The summed E-state index contributed by atoms with van der Waals surface area (Å²) < 4.78 is 16.1. The monoisotopic (exact) mass is 268 g/mol. The molecule has 0 aromatic heterocycles. The molecule has 0 heterocycles. The average molecular weight is 268 g/mol. The van der Waals surface area contributed by atoms with E-state index in [0.29, 0.717) is 30.5 Å². The summed E-state index contributed by atoms with van der Waals surface area (Å²) in [7, 11) is 4.84. The molecule has 0 spiro atoms. The number of hydrogen-bond donors (Lipinski definition) is 2. The Morgan fingerprint density at radius 2 is 1.58 bits per heavy atom. The normalized spacial score (nSPS) is 10.6. The van der Waals surface area contributed by atoms with E-state index in [0.717, 1.165) is 24.2 Å². The molecule has 19 heavy (non-hydrogen) atoms. The first-order valence-corrected chi connectivity index (χ1v) is 6.39. The molecule has 0 aliphatic heterocycles. The summed E-state index contributed by atoms with van der Waals surface area (Å²) in [5.41, 5.74) is 12.4. The minimum absolute atomic E-state index is 0.331. The van der Waals surface area contributed by atoms with Gasteiger partial charge in [0.25, 0.3) is 0 Å². The van der Waals surface area contributed by atoms with Gasteiger partial charge in [0.1, 0.15) is 0 Å². The van der Waals surface area contributed by atoms with E-state index in [1.807, 2.05) is 12.1 Å². The average Bonchev–Trinajstić information content (AvgIpc) is 2.47. The summed E-state index contributed by atoms with van der Waals surface area (Å²) in [6.45, 7) is 1.21. The molecule has 1 aromatic rings. The lowest BCUT2D eigenvalue weighted by atomic mass is 9.98. The highest BCUT2D eigenvalue weighted by Gasteiger charge is 2.16. The summed E-state index contributed by atoms with van der Waals surface area (Å²) in [4.78, 5) is 0. The van der Waals surface area contributed by atoms with E-state index < -0.39 is 0 Å². The second-order valence-electron chi connectivity index (χ2n) is 4.37. The second kappa shape index (κ2) is 7.86. The zero-order valence-corrected chi connectivity index (χ0v) is 11.9. The van der Waals surface area contributed by atoms with Crippen LogP contribution in [0.4, 0.5) is 0 Å². The van der Waals surface area contributed by atoms with E-state index in [2.05, 4.69) is 0 Å². The van der Waals surface area contributed by atoms with Crippen LogP contribution in [-0.4, -0.2) is 34.4 Å². The van der Waals surface area contributed by atoms with Crippen LogP contribution in [0.15, 0.2) is 12.1 Å². The highest BCUT2D eigenvalue weighted by Crippen LogP contribution is 2.40. The summed E-state index contributed by atoms with van der Waals surface area (Å²) in [5, 5.41) is 0. The largest absolute Gasteiger partial charge is 0.493 e. The fourth-order valence-electron chi connectivity index (χ4n) is 2.05. The van der Waals surface area contributed by atoms with Crippen molar-refractivity contribution in [2.75, 3.05) is 34.4 Å². The van der Waals surface area contributed by atoms with Crippen LogP contribution >= 0.6 is 0 Å². The first kappa shape index (κ1) is 15.6. The van der Waals surface area contributed by atoms with Crippen molar-refractivity contribution < 1.29 is 14.2 Å². The van der Waals surface area contributed by atoms with Gasteiger partial charge in [-0.3, -0.25) is 0 Å². The third kappa shape index (κ3) is 3.75. The standard InChI is InChI=1S/C14H24N2O3/c1-17-12-7-6-11(5-4-10(8-15)9-16)13(18-2)14(12)19-3/h6-7,10H,4-5,8-9,15-16H2,1-3H3. The molecule has 1 aromatic carbocycles. The van der Waals surface area contributed by atoms with Crippen LogP contribution in [0.3, 0.4) is 0 Å². The van der Waals surface area contributed by atoms with Crippen molar-refractivity contribution in [2.45, 2.75) is 12.8 Å². The quantitative estimate of drug-likeness (QED) is 0.740. The van der Waals surface area contributed by atoms with Gasteiger partial charge in [-0.2, -0.15) is 0 Å². The van der Waals surface area contributed by atoms with Crippen molar-refractivity contribution in [1.29, 1.82) is 0 Å². The summed E-state index contributed by atoms with van der Waals surface area (Å²) >= 11 is 0. The molecule has 0 aliphatic carbocycles. The minimum atomic E-state index is 0.331. The Labute approximate surface area is 114 Å². The molecule has 0 aliphatic rings. The predicted octanol–water partition coefficient (Wildman–Crippen LogP) is 1.18. The highest BCUT2D eigenvalue weighted by atomic mass is 16.5. The fraction of sp³-hybridized carbons (Fsp3) is 0.571. The van der Waals surface area contributed by atoms with E-state index in [9.17, 15) is 0 Å². The molecule has 0 bridgehead atoms. The van der Waals surface area contributed by atoms with Crippen LogP contribution in [0.5, 0.6) is 17.2 Å². The van der Waals surface area contributed by atoms with E-state index in [-0.39, 0.29) is 0 Å². The molecule has 5 nitrogen and oxygen atoms in total. The fourth-order valence-corrected chi connectivity index (χ4v) is 2.05. The van der Waals surface area contributed by atoms with E-state index in [1.165, 1.54) is 0 Å². The minimum Gasteiger partial charge on any atom is -0.493 e. The molecule has 108 valence electrons. The van der Waals surface area contributed by atoms with Crippen molar-refractivity contribution in [1.82, 2.24) is 0 Å². The molecule has 0 saturated carbocycles. The number of methoxy groups -OCH3 is 3. The molecular formula is C14H24N2O3. The van der Waals surface area contributed by atoms with Crippen LogP contribution in [0.2, 0.25) is 0 Å².